The number of pyridine rings is 1. The predicted molar refractivity (Wildman–Crippen MR) is 75.4 cm³/mol. The third kappa shape index (κ3) is 6.30. The van der Waals surface area contributed by atoms with E-state index in [-0.39, 0.29) is 0 Å². The van der Waals surface area contributed by atoms with E-state index in [2.05, 4.69) is 37.1 Å². The number of hydrogen-bond acceptors (Lipinski definition) is 2. The van der Waals surface area contributed by atoms with Gasteiger partial charge in [-0.15, -0.1) is 0 Å². The van der Waals surface area contributed by atoms with E-state index in [0.717, 1.165) is 18.3 Å². The normalized spacial score (nSPS) is 10.8. The van der Waals surface area contributed by atoms with Gasteiger partial charge in [-0.25, -0.2) is 4.98 Å². The molecule has 0 bridgehead atoms. The van der Waals surface area contributed by atoms with Gasteiger partial charge < -0.3 is 5.32 Å². The van der Waals surface area contributed by atoms with Gasteiger partial charge in [-0.2, -0.15) is 0 Å². The molecule has 0 unspecified atom stereocenters. The molecule has 96 valence electrons. The number of anilines is 1. The lowest BCUT2D eigenvalue weighted by Crippen LogP contribution is -2.04. The minimum absolute atomic E-state index is 0.851. The molecule has 0 amide bonds. The van der Waals surface area contributed by atoms with Gasteiger partial charge in [-0.1, -0.05) is 45.6 Å². The van der Waals surface area contributed by atoms with Gasteiger partial charge in [-0.05, 0) is 30.9 Å². The van der Waals surface area contributed by atoms with Gasteiger partial charge in [0.15, 0.2) is 0 Å². The molecule has 0 radical (unpaired) electrons. The van der Waals surface area contributed by atoms with E-state index < -0.39 is 0 Å². The SMILES string of the molecule is Cc1cccnc1NCCCCCCC(C)C. The summed E-state index contributed by atoms with van der Waals surface area (Å²) >= 11 is 0. The molecule has 0 saturated carbocycles. The summed E-state index contributed by atoms with van der Waals surface area (Å²) in [5.74, 6) is 1.89. The number of unbranched alkanes of at least 4 members (excludes halogenated alkanes) is 3. The summed E-state index contributed by atoms with van der Waals surface area (Å²) in [5, 5.41) is 3.40. The fourth-order valence-corrected chi connectivity index (χ4v) is 1.91. The Kier molecular flexibility index (Phi) is 6.68. The van der Waals surface area contributed by atoms with Crippen LogP contribution in [0.4, 0.5) is 5.82 Å². The first kappa shape index (κ1) is 14.0. The highest BCUT2D eigenvalue weighted by Crippen LogP contribution is 2.11. The standard InChI is InChI=1S/C15H26N2/c1-13(2)9-6-4-5-7-11-16-15-14(3)10-8-12-17-15/h8,10,12-13H,4-7,9,11H2,1-3H3,(H,16,17). The molecule has 0 aliphatic carbocycles. The molecule has 1 aromatic heterocycles. The summed E-state index contributed by atoms with van der Waals surface area (Å²) in [6, 6.07) is 4.07. The number of nitrogens with zero attached hydrogens (tertiary/aromatic N) is 1. The van der Waals surface area contributed by atoms with Crippen molar-refractivity contribution in [3.8, 4) is 0 Å². The van der Waals surface area contributed by atoms with Gasteiger partial charge in [0.2, 0.25) is 0 Å². The molecule has 1 heterocycles. The van der Waals surface area contributed by atoms with E-state index >= 15 is 0 Å². The summed E-state index contributed by atoms with van der Waals surface area (Å²) < 4.78 is 0. The van der Waals surface area contributed by atoms with Gasteiger partial charge in [0.05, 0.1) is 0 Å². The molecule has 2 heteroatoms. The molecular weight excluding hydrogens is 208 g/mol. The highest BCUT2D eigenvalue weighted by atomic mass is 15.0. The van der Waals surface area contributed by atoms with Gasteiger partial charge in [0.1, 0.15) is 5.82 Å². The van der Waals surface area contributed by atoms with Crippen LogP contribution >= 0.6 is 0 Å². The summed E-state index contributed by atoms with van der Waals surface area (Å²) in [6.07, 6.45) is 8.52. The fourth-order valence-electron chi connectivity index (χ4n) is 1.91. The maximum Gasteiger partial charge on any atom is 0.128 e. The monoisotopic (exact) mass is 234 g/mol. The van der Waals surface area contributed by atoms with E-state index in [9.17, 15) is 0 Å². The molecule has 17 heavy (non-hydrogen) atoms. The third-order valence-electron chi connectivity index (χ3n) is 3.01. The molecule has 1 aromatic rings. The molecule has 0 aliphatic heterocycles. The average Bonchev–Trinajstić information content (AvgIpc) is 2.30. The number of rotatable bonds is 8. The van der Waals surface area contributed by atoms with Crippen LogP contribution < -0.4 is 5.32 Å². The molecule has 1 rings (SSSR count). The second-order valence-corrected chi connectivity index (χ2v) is 5.19. The Morgan fingerprint density at radius 1 is 1.18 bits per heavy atom. The van der Waals surface area contributed by atoms with Crippen molar-refractivity contribution in [3.05, 3.63) is 23.9 Å². The van der Waals surface area contributed by atoms with Crippen molar-refractivity contribution in [2.24, 2.45) is 5.92 Å². The van der Waals surface area contributed by atoms with E-state index in [1.807, 2.05) is 12.3 Å². The molecular formula is C15H26N2. The van der Waals surface area contributed by atoms with Gasteiger partial charge >= 0.3 is 0 Å². The van der Waals surface area contributed by atoms with Crippen molar-refractivity contribution in [2.45, 2.75) is 52.9 Å². The Morgan fingerprint density at radius 3 is 2.65 bits per heavy atom. The first-order valence-corrected chi connectivity index (χ1v) is 6.85. The summed E-state index contributed by atoms with van der Waals surface area (Å²) in [5.41, 5.74) is 1.23. The summed E-state index contributed by atoms with van der Waals surface area (Å²) in [7, 11) is 0. The minimum Gasteiger partial charge on any atom is -0.370 e. The van der Waals surface area contributed by atoms with Crippen LogP contribution in [0.25, 0.3) is 0 Å². The molecule has 0 aromatic carbocycles. The number of hydrogen-bond donors (Lipinski definition) is 1. The Labute approximate surface area is 106 Å². The molecule has 0 aliphatic rings. The Hall–Kier alpha value is -1.05. The number of nitrogens with one attached hydrogen (secondary N) is 1. The van der Waals surface area contributed by atoms with Crippen molar-refractivity contribution < 1.29 is 0 Å². The molecule has 1 N–H and O–H groups in total. The quantitative estimate of drug-likeness (QED) is 0.674. The zero-order valence-electron chi connectivity index (χ0n) is 11.5. The second kappa shape index (κ2) is 8.10. The van der Waals surface area contributed by atoms with Crippen LogP contribution in [-0.4, -0.2) is 11.5 Å². The van der Waals surface area contributed by atoms with Gasteiger partial charge in [0, 0.05) is 12.7 Å². The van der Waals surface area contributed by atoms with E-state index in [4.69, 9.17) is 0 Å². The maximum absolute atomic E-state index is 4.32. The van der Waals surface area contributed by atoms with Crippen molar-refractivity contribution >= 4 is 5.82 Å². The smallest absolute Gasteiger partial charge is 0.128 e. The van der Waals surface area contributed by atoms with Gasteiger partial charge in [-0.3, -0.25) is 0 Å². The van der Waals surface area contributed by atoms with E-state index in [0.29, 0.717) is 0 Å². The van der Waals surface area contributed by atoms with Crippen LogP contribution in [0, 0.1) is 12.8 Å². The Balaban J connectivity index is 2.03. The molecule has 0 spiro atoms. The van der Waals surface area contributed by atoms with Crippen LogP contribution in [0.2, 0.25) is 0 Å². The van der Waals surface area contributed by atoms with Crippen molar-refractivity contribution in [1.82, 2.24) is 4.98 Å². The number of aromatic nitrogens is 1. The van der Waals surface area contributed by atoms with Crippen LogP contribution in [0.15, 0.2) is 18.3 Å². The first-order chi connectivity index (χ1) is 8.20. The van der Waals surface area contributed by atoms with Crippen molar-refractivity contribution in [2.75, 3.05) is 11.9 Å². The van der Waals surface area contributed by atoms with Crippen molar-refractivity contribution in [3.63, 3.8) is 0 Å². The zero-order chi connectivity index (χ0) is 12.5. The topological polar surface area (TPSA) is 24.9 Å². The first-order valence-electron chi connectivity index (χ1n) is 6.85. The van der Waals surface area contributed by atoms with E-state index in [1.54, 1.807) is 0 Å². The van der Waals surface area contributed by atoms with Crippen molar-refractivity contribution in [1.29, 1.82) is 0 Å². The predicted octanol–water partition coefficient (Wildman–Crippen LogP) is 4.41. The summed E-state index contributed by atoms with van der Waals surface area (Å²) in [6.45, 7) is 7.73. The maximum atomic E-state index is 4.32. The lowest BCUT2D eigenvalue weighted by Gasteiger charge is -2.08. The fraction of sp³-hybridized carbons (Fsp3) is 0.667. The zero-order valence-corrected chi connectivity index (χ0v) is 11.5. The Morgan fingerprint density at radius 2 is 1.94 bits per heavy atom. The minimum atomic E-state index is 0.851. The Bertz CT molecular complexity index is 308. The highest BCUT2D eigenvalue weighted by Gasteiger charge is 1.97. The highest BCUT2D eigenvalue weighted by molar-refractivity contribution is 5.42. The molecule has 0 saturated heterocycles. The van der Waals surface area contributed by atoms with Crippen LogP contribution in [0.1, 0.15) is 51.5 Å². The average molecular weight is 234 g/mol. The molecule has 2 nitrogen and oxygen atoms in total. The second-order valence-electron chi connectivity index (χ2n) is 5.19. The summed E-state index contributed by atoms with van der Waals surface area (Å²) in [4.78, 5) is 4.32. The number of aryl methyl sites for hydroxylation is 1. The van der Waals surface area contributed by atoms with Crippen LogP contribution in [0.3, 0.4) is 0 Å². The lowest BCUT2D eigenvalue weighted by atomic mass is 10.0. The molecule has 0 atom stereocenters. The lowest BCUT2D eigenvalue weighted by molar-refractivity contribution is 0.523. The largest absolute Gasteiger partial charge is 0.370 e. The molecule has 0 fully saturated rings. The van der Waals surface area contributed by atoms with Crippen LogP contribution in [-0.2, 0) is 0 Å². The van der Waals surface area contributed by atoms with Gasteiger partial charge in [0.25, 0.3) is 0 Å². The van der Waals surface area contributed by atoms with E-state index in [1.165, 1.54) is 37.7 Å². The third-order valence-corrected chi connectivity index (χ3v) is 3.01. The van der Waals surface area contributed by atoms with Crippen LogP contribution in [0.5, 0.6) is 0 Å².